The molecule has 14 heavy (non-hydrogen) atoms. The molecule has 1 aliphatic rings. The number of hydrogen-bond acceptors (Lipinski definition) is 3. The maximum absolute atomic E-state index is 12.2. The molecule has 1 fully saturated rings. The van der Waals surface area contributed by atoms with Crippen molar-refractivity contribution in [2.45, 2.75) is 30.7 Å². The number of carboxylic acid groups (broad SMARTS) is 1. The van der Waals surface area contributed by atoms with E-state index in [1.165, 1.54) is 11.8 Å². The third-order valence-corrected chi connectivity index (χ3v) is 3.63. The number of carbonyl (C=O) groups excluding carboxylic acids is 1. The lowest BCUT2D eigenvalue weighted by Gasteiger charge is -2.23. The van der Waals surface area contributed by atoms with Crippen LogP contribution >= 0.6 is 11.8 Å². The average molecular weight is 227 g/mol. The Morgan fingerprint density at radius 3 is 2.57 bits per heavy atom. The van der Waals surface area contributed by atoms with Gasteiger partial charge in [-0.3, -0.25) is 0 Å². The zero-order valence-corrected chi connectivity index (χ0v) is 8.16. The second-order valence-corrected chi connectivity index (χ2v) is 4.69. The molecule has 0 N–H and O–H groups in total. The molecular formula is C8H10F3O2S-. The minimum atomic E-state index is -4.68. The molecule has 0 aromatic rings. The van der Waals surface area contributed by atoms with Gasteiger partial charge in [0.1, 0.15) is 0 Å². The number of thioether (sulfide) groups is 1. The third-order valence-electron chi connectivity index (χ3n) is 2.20. The average Bonchev–Trinajstić information content (AvgIpc) is 2.48. The number of aliphatic carboxylic acids is 1. The van der Waals surface area contributed by atoms with Crippen LogP contribution in [0.4, 0.5) is 13.2 Å². The molecule has 0 bridgehead atoms. The number of halogens is 3. The first-order chi connectivity index (χ1) is 6.41. The summed E-state index contributed by atoms with van der Waals surface area (Å²) in [5.41, 5.74) is 0. The van der Waals surface area contributed by atoms with Gasteiger partial charge in [0.2, 0.25) is 0 Å². The van der Waals surface area contributed by atoms with Crippen LogP contribution in [0.1, 0.15) is 19.3 Å². The number of carbonyl (C=O) groups is 1. The van der Waals surface area contributed by atoms with E-state index in [0.717, 1.165) is 12.2 Å². The number of rotatable bonds is 3. The largest absolute Gasteiger partial charge is 0.550 e. The zero-order chi connectivity index (χ0) is 10.8. The van der Waals surface area contributed by atoms with Crippen LogP contribution in [-0.2, 0) is 4.79 Å². The molecule has 1 rings (SSSR count). The Hall–Kier alpha value is -0.390. The normalized spacial score (nSPS) is 24.9. The first-order valence-corrected chi connectivity index (χ1v) is 5.35. The summed E-state index contributed by atoms with van der Waals surface area (Å²) in [6.45, 7) is 0. The highest BCUT2D eigenvalue weighted by Crippen LogP contribution is 2.36. The summed E-state index contributed by atoms with van der Waals surface area (Å²) in [5.74, 6) is -3.49. The molecule has 0 aliphatic carbocycles. The maximum atomic E-state index is 12.2. The molecule has 0 aromatic heterocycles. The predicted molar refractivity (Wildman–Crippen MR) is 44.6 cm³/mol. The molecule has 1 aliphatic heterocycles. The zero-order valence-electron chi connectivity index (χ0n) is 7.34. The lowest BCUT2D eigenvalue weighted by molar-refractivity contribution is -0.326. The summed E-state index contributed by atoms with van der Waals surface area (Å²) in [4.78, 5) is 10.3. The minimum absolute atomic E-state index is 0.181. The summed E-state index contributed by atoms with van der Waals surface area (Å²) in [7, 11) is 0. The summed E-state index contributed by atoms with van der Waals surface area (Å²) < 4.78 is 36.6. The molecule has 0 spiro atoms. The predicted octanol–water partition coefficient (Wildman–Crippen LogP) is 1.20. The van der Waals surface area contributed by atoms with E-state index in [0.29, 0.717) is 6.42 Å². The van der Waals surface area contributed by atoms with Gasteiger partial charge in [-0.25, -0.2) is 0 Å². The lowest BCUT2D eigenvalue weighted by Crippen LogP contribution is -2.41. The van der Waals surface area contributed by atoms with Crippen LogP contribution in [0.15, 0.2) is 0 Å². The molecule has 1 saturated heterocycles. The van der Waals surface area contributed by atoms with Gasteiger partial charge in [0, 0.05) is 5.25 Å². The Morgan fingerprint density at radius 1 is 1.57 bits per heavy atom. The standard InChI is InChI=1S/C8H11F3O2S/c9-8(10,11)6(7(12)13)4-5-2-1-3-14-5/h5-6H,1-4H2,(H,12,13)/p-1/t5-,6-/m1/s1. The van der Waals surface area contributed by atoms with Gasteiger partial charge in [-0.05, 0) is 25.0 Å². The van der Waals surface area contributed by atoms with E-state index in [4.69, 9.17) is 0 Å². The van der Waals surface area contributed by atoms with E-state index >= 15 is 0 Å². The van der Waals surface area contributed by atoms with Crippen molar-refractivity contribution < 1.29 is 23.1 Å². The van der Waals surface area contributed by atoms with E-state index in [1.54, 1.807) is 0 Å². The van der Waals surface area contributed by atoms with Crippen molar-refractivity contribution in [2.75, 3.05) is 5.75 Å². The fraction of sp³-hybridized carbons (Fsp3) is 0.875. The van der Waals surface area contributed by atoms with E-state index in [-0.39, 0.29) is 11.7 Å². The van der Waals surface area contributed by atoms with Crippen LogP contribution in [0.25, 0.3) is 0 Å². The van der Waals surface area contributed by atoms with Gasteiger partial charge in [-0.2, -0.15) is 24.9 Å². The van der Waals surface area contributed by atoms with Gasteiger partial charge in [0.15, 0.2) is 0 Å². The van der Waals surface area contributed by atoms with Crippen LogP contribution in [0, 0.1) is 5.92 Å². The van der Waals surface area contributed by atoms with Crippen molar-refractivity contribution in [1.29, 1.82) is 0 Å². The molecule has 2 nitrogen and oxygen atoms in total. The summed E-state index contributed by atoms with van der Waals surface area (Å²) >= 11 is 1.41. The second kappa shape index (κ2) is 4.42. The van der Waals surface area contributed by atoms with Crippen molar-refractivity contribution in [2.24, 2.45) is 5.92 Å². The van der Waals surface area contributed by atoms with E-state index < -0.39 is 18.1 Å². The first kappa shape index (κ1) is 11.7. The van der Waals surface area contributed by atoms with Gasteiger partial charge in [-0.1, -0.05) is 0 Å². The highest BCUT2D eigenvalue weighted by atomic mass is 32.2. The topological polar surface area (TPSA) is 40.1 Å². The van der Waals surface area contributed by atoms with Gasteiger partial charge in [0.25, 0.3) is 0 Å². The smallest absolute Gasteiger partial charge is 0.396 e. The Morgan fingerprint density at radius 2 is 2.21 bits per heavy atom. The quantitative estimate of drug-likeness (QED) is 0.727. The van der Waals surface area contributed by atoms with Crippen LogP contribution in [0.3, 0.4) is 0 Å². The molecule has 2 atom stereocenters. The molecule has 1 heterocycles. The molecular weight excluding hydrogens is 217 g/mol. The number of alkyl halides is 3. The van der Waals surface area contributed by atoms with Crippen LogP contribution in [-0.4, -0.2) is 23.1 Å². The van der Waals surface area contributed by atoms with Crippen molar-refractivity contribution in [3.05, 3.63) is 0 Å². The van der Waals surface area contributed by atoms with Crippen LogP contribution < -0.4 is 5.11 Å². The van der Waals surface area contributed by atoms with Crippen LogP contribution in [0.5, 0.6) is 0 Å². The SMILES string of the molecule is O=C([O-])[C@@H](C[C@H]1CCCS1)C(F)(F)F. The fourth-order valence-corrected chi connectivity index (χ4v) is 2.79. The third kappa shape index (κ3) is 3.08. The van der Waals surface area contributed by atoms with E-state index in [1.807, 2.05) is 0 Å². The van der Waals surface area contributed by atoms with E-state index in [9.17, 15) is 23.1 Å². The Kier molecular flexibility index (Phi) is 3.69. The Bertz CT molecular complexity index is 211. The Labute approximate surface area is 83.9 Å². The fourth-order valence-electron chi connectivity index (χ4n) is 1.46. The highest BCUT2D eigenvalue weighted by Gasteiger charge is 2.42. The first-order valence-electron chi connectivity index (χ1n) is 4.30. The van der Waals surface area contributed by atoms with Crippen molar-refractivity contribution in [1.82, 2.24) is 0 Å². The molecule has 0 amide bonds. The number of hydrogen-bond donors (Lipinski definition) is 0. The molecule has 0 unspecified atom stereocenters. The van der Waals surface area contributed by atoms with Gasteiger partial charge in [-0.15, -0.1) is 0 Å². The van der Waals surface area contributed by atoms with Crippen molar-refractivity contribution >= 4 is 17.7 Å². The van der Waals surface area contributed by atoms with Gasteiger partial charge in [0.05, 0.1) is 11.9 Å². The second-order valence-electron chi connectivity index (χ2n) is 3.28. The Balaban J connectivity index is 2.55. The summed E-state index contributed by atoms with van der Waals surface area (Å²) in [5, 5.41) is 10.1. The highest BCUT2D eigenvalue weighted by molar-refractivity contribution is 8.00. The molecule has 6 heteroatoms. The summed E-state index contributed by atoms with van der Waals surface area (Å²) in [6, 6.07) is 0. The monoisotopic (exact) mass is 227 g/mol. The van der Waals surface area contributed by atoms with Crippen LogP contribution in [0.2, 0.25) is 0 Å². The molecule has 82 valence electrons. The molecule has 0 radical (unpaired) electrons. The van der Waals surface area contributed by atoms with Gasteiger partial charge < -0.3 is 9.90 Å². The van der Waals surface area contributed by atoms with E-state index in [2.05, 4.69) is 0 Å². The van der Waals surface area contributed by atoms with Crippen molar-refractivity contribution in [3.63, 3.8) is 0 Å². The maximum Gasteiger partial charge on any atom is 0.396 e. The molecule has 0 aromatic carbocycles. The molecule has 0 saturated carbocycles. The lowest BCUT2D eigenvalue weighted by atomic mass is 10.0. The van der Waals surface area contributed by atoms with Crippen molar-refractivity contribution in [3.8, 4) is 0 Å². The minimum Gasteiger partial charge on any atom is -0.550 e. The van der Waals surface area contributed by atoms with Gasteiger partial charge >= 0.3 is 6.18 Å². The number of carboxylic acids is 1. The summed E-state index contributed by atoms with van der Waals surface area (Å²) in [6.07, 6.45) is -3.49.